The lowest BCUT2D eigenvalue weighted by Gasteiger charge is -2.31. The molecule has 0 spiro atoms. The number of likely N-dealkylation sites (tertiary alicyclic amines) is 1. The fourth-order valence-corrected chi connectivity index (χ4v) is 4.21. The Labute approximate surface area is 153 Å². The van der Waals surface area contributed by atoms with Crippen molar-refractivity contribution in [1.82, 2.24) is 24.6 Å². The number of carbonyl (C=O) groups excluding carboxylic acids is 1. The van der Waals surface area contributed by atoms with Gasteiger partial charge in [-0.2, -0.15) is 0 Å². The molecular weight excluding hydrogens is 334 g/mol. The van der Waals surface area contributed by atoms with Crippen LogP contribution >= 0.6 is 11.3 Å². The van der Waals surface area contributed by atoms with Crippen molar-refractivity contribution in [2.24, 2.45) is 7.05 Å². The molecule has 0 atom stereocenters. The number of hydrogen-bond acceptors (Lipinski definition) is 6. The van der Waals surface area contributed by atoms with Gasteiger partial charge < -0.3 is 9.47 Å². The van der Waals surface area contributed by atoms with E-state index in [1.807, 2.05) is 6.07 Å². The van der Waals surface area contributed by atoms with Crippen LogP contribution in [0.3, 0.4) is 0 Å². The average Bonchev–Trinajstić information content (AvgIpc) is 3.16. The zero-order chi connectivity index (χ0) is 18.0. The van der Waals surface area contributed by atoms with Gasteiger partial charge in [-0.3, -0.25) is 9.69 Å². The van der Waals surface area contributed by atoms with Gasteiger partial charge in [-0.05, 0) is 64.0 Å². The summed E-state index contributed by atoms with van der Waals surface area (Å²) in [5, 5.41) is 10.9. The second-order valence-corrected chi connectivity index (χ2v) is 8.11. The molecule has 25 heavy (non-hydrogen) atoms. The molecule has 6 nitrogen and oxygen atoms in total. The lowest BCUT2D eigenvalue weighted by atomic mass is 9.95. The van der Waals surface area contributed by atoms with Gasteiger partial charge in [0, 0.05) is 19.5 Å². The molecule has 0 saturated carbocycles. The van der Waals surface area contributed by atoms with Crippen LogP contribution in [0.1, 0.15) is 52.6 Å². The van der Waals surface area contributed by atoms with E-state index in [0.717, 1.165) is 55.5 Å². The van der Waals surface area contributed by atoms with Crippen LogP contribution in [0, 0.1) is 0 Å². The molecule has 3 heterocycles. The van der Waals surface area contributed by atoms with Crippen LogP contribution < -0.4 is 0 Å². The SMILES string of the molecule is CC(=O)c1cc(CN2CCC(c3nnc(CN(C)C)n3C)CC2)cs1. The fraction of sp³-hybridized carbons (Fsp3) is 0.611. The lowest BCUT2D eigenvalue weighted by molar-refractivity contribution is 0.102. The number of hydrogen-bond donors (Lipinski definition) is 0. The van der Waals surface area contributed by atoms with Gasteiger partial charge in [-0.15, -0.1) is 21.5 Å². The smallest absolute Gasteiger partial charge is 0.169 e. The highest BCUT2D eigenvalue weighted by molar-refractivity contribution is 7.12. The van der Waals surface area contributed by atoms with Crippen molar-refractivity contribution >= 4 is 17.1 Å². The first-order valence-corrected chi connectivity index (χ1v) is 9.65. The number of rotatable bonds is 6. The minimum Gasteiger partial charge on any atom is -0.317 e. The van der Waals surface area contributed by atoms with Crippen molar-refractivity contribution in [1.29, 1.82) is 0 Å². The van der Waals surface area contributed by atoms with Crippen LogP contribution in [-0.4, -0.2) is 57.5 Å². The minimum absolute atomic E-state index is 0.158. The largest absolute Gasteiger partial charge is 0.317 e. The number of aromatic nitrogens is 3. The van der Waals surface area contributed by atoms with Crippen molar-refractivity contribution in [3.8, 4) is 0 Å². The molecule has 1 aliphatic rings. The first kappa shape index (κ1) is 18.2. The van der Waals surface area contributed by atoms with E-state index in [-0.39, 0.29) is 5.78 Å². The monoisotopic (exact) mass is 361 g/mol. The number of nitrogens with zero attached hydrogens (tertiary/aromatic N) is 5. The summed E-state index contributed by atoms with van der Waals surface area (Å²) in [5.41, 5.74) is 1.25. The van der Waals surface area contributed by atoms with E-state index in [4.69, 9.17) is 0 Å². The molecule has 3 rings (SSSR count). The van der Waals surface area contributed by atoms with Gasteiger partial charge in [-0.25, -0.2) is 0 Å². The standard InChI is InChI=1S/C18H27N5OS/c1-13(24)16-9-14(12-25-16)10-23-7-5-15(6-8-23)18-20-19-17(22(18)4)11-21(2)3/h9,12,15H,5-8,10-11H2,1-4H3. The summed E-state index contributed by atoms with van der Waals surface area (Å²) in [7, 11) is 6.18. The van der Waals surface area contributed by atoms with Gasteiger partial charge in [0.05, 0.1) is 11.4 Å². The number of carbonyl (C=O) groups is 1. The van der Waals surface area contributed by atoms with Crippen LogP contribution in [0.15, 0.2) is 11.4 Å². The van der Waals surface area contributed by atoms with Gasteiger partial charge in [0.1, 0.15) is 11.6 Å². The third-order valence-corrected chi connectivity index (χ3v) is 5.90. The molecule has 2 aromatic heterocycles. The van der Waals surface area contributed by atoms with Gasteiger partial charge >= 0.3 is 0 Å². The summed E-state index contributed by atoms with van der Waals surface area (Å²) >= 11 is 1.55. The number of thiophene rings is 1. The van der Waals surface area contributed by atoms with E-state index in [1.165, 1.54) is 5.56 Å². The molecule has 2 aromatic rings. The van der Waals surface area contributed by atoms with Crippen LogP contribution in [0.25, 0.3) is 0 Å². The van der Waals surface area contributed by atoms with Crippen molar-refractivity contribution in [2.75, 3.05) is 27.2 Å². The maximum atomic E-state index is 11.4. The van der Waals surface area contributed by atoms with Crippen LogP contribution in [0.4, 0.5) is 0 Å². The van der Waals surface area contributed by atoms with E-state index in [0.29, 0.717) is 5.92 Å². The Morgan fingerprint density at radius 1 is 1.32 bits per heavy atom. The van der Waals surface area contributed by atoms with Crippen LogP contribution in [0.2, 0.25) is 0 Å². The Kier molecular flexibility index (Phi) is 5.66. The maximum absolute atomic E-state index is 11.4. The lowest BCUT2D eigenvalue weighted by Crippen LogP contribution is -2.33. The Morgan fingerprint density at radius 3 is 2.64 bits per heavy atom. The Balaban J connectivity index is 1.56. The Bertz CT molecular complexity index is 728. The van der Waals surface area contributed by atoms with Crippen molar-refractivity contribution in [3.63, 3.8) is 0 Å². The number of Topliss-reactive ketones (excluding diaryl/α,β-unsaturated/α-hetero) is 1. The molecule has 1 fully saturated rings. The van der Waals surface area contributed by atoms with Gasteiger partial charge in [0.2, 0.25) is 0 Å². The van der Waals surface area contributed by atoms with Crippen molar-refractivity contribution in [3.05, 3.63) is 33.5 Å². The van der Waals surface area contributed by atoms with E-state index >= 15 is 0 Å². The Hall–Kier alpha value is -1.57. The predicted octanol–water partition coefficient (Wildman–Crippen LogP) is 2.52. The zero-order valence-corrected chi connectivity index (χ0v) is 16.3. The zero-order valence-electron chi connectivity index (χ0n) is 15.5. The second-order valence-electron chi connectivity index (χ2n) is 7.20. The van der Waals surface area contributed by atoms with Gasteiger partial charge in [-0.1, -0.05) is 0 Å². The molecule has 0 aliphatic carbocycles. The molecule has 1 aliphatic heterocycles. The number of ketones is 1. The summed E-state index contributed by atoms with van der Waals surface area (Å²) in [5.74, 6) is 2.79. The summed E-state index contributed by atoms with van der Waals surface area (Å²) in [6.45, 7) is 5.50. The minimum atomic E-state index is 0.158. The van der Waals surface area contributed by atoms with E-state index in [1.54, 1.807) is 18.3 Å². The first-order chi connectivity index (χ1) is 11.9. The second kappa shape index (κ2) is 7.76. The molecule has 0 unspecified atom stereocenters. The summed E-state index contributed by atoms with van der Waals surface area (Å²) < 4.78 is 2.17. The summed E-state index contributed by atoms with van der Waals surface area (Å²) in [6.07, 6.45) is 2.22. The number of piperidine rings is 1. The molecule has 1 saturated heterocycles. The molecule has 0 N–H and O–H groups in total. The van der Waals surface area contributed by atoms with Gasteiger partial charge in [0.25, 0.3) is 0 Å². The molecule has 0 bridgehead atoms. The topological polar surface area (TPSA) is 54.3 Å². The molecule has 136 valence electrons. The predicted molar refractivity (Wildman–Crippen MR) is 100.0 cm³/mol. The van der Waals surface area contributed by atoms with Gasteiger partial charge in [0.15, 0.2) is 5.78 Å². The third kappa shape index (κ3) is 4.34. The van der Waals surface area contributed by atoms with Crippen LogP contribution in [-0.2, 0) is 20.1 Å². The van der Waals surface area contributed by atoms with E-state index < -0.39 is 0 Å². The van der Waals surface area contributed by atoms with E-state index in [2.05, 4.69) is 51.1 Å². The molecule has 0 amide bonds. The quantitative estimate of drug-likeness (QED) is 0.740. The van der Waals surface area contributed by atoms with E-state index in [9.17, 15) is 4.79 Å². The van der Waals surface area contributed by atoms with Crippen LogP contribution in [0.5, 0.6) is 0 Å². The van der Waals surface area contributed by atoms with Crippen molar-refractivity contribution < 1.29 is 4.79 Å². The highest BCUT2D eigenvalue weighted by Gasteiger charge is 2.25. The highest BCUT2D eigenvalue weighted by Crippen LogP contribution is 2.28. The first-order valence-electron chi connectivity index (χ1n) is 8.77. The molecule has 0 radical (unpaired) electrons. The highest BCUT2D eigenvalue weighted by atomic mass is 32.1. The average molecular weight is 362 g/mol. The summed E-state index contributed by atoms with van der Waals surface area (Å²) in [6, 6.07) is 2.04. The Morgan fingerprint density at radius 2 is 2.04 bits per heavy atom. The maximum Gasteiger partial charge on any atom is 0.169 e. The molecule has 7 heteroatoms. The normalized spacial score (nSPS) is 16.7. The molecular formula is C18H27N5OS. The third-order valence-electron chi connectivity index (χ3n) is 4.82. The molecule has 0 aromatic carbocycles. The summed E-state index contributed by atoms with van der Waals surface area (Å²) in [4.78, 5) is 16.9. The fourth-order valence-electron chi connectivity index (χ4n) is 3.40. The van der Waals surface area contributed by atoms with Crippen molar-refractivity contribution in [2.45, 2.75) is 38.8 Å².